The number of rotatable bonds is 5. The Morgan fingerprint density at radius 2 is 1.68 bits per heavy atom. The van der Waals surface area contributed by atoms with Crippen molar-refractivity contribution in [2.24, 2.45) is 0 Å². The summed E-state index contributed by atoms with van der Waals surface area (Å²) >= 11 is 0. The number of fused-ring (bicyclic) bond motifs is 1. The Morgan fingerprint density at radius 1 is 0.912 bits per heavy atom. The van der Waals surface area contributed by atoms with Crippen LogP contribution in [-0.4, -0.2) is 59.5 Å². The SMILES string of the molecule is C=C(Cc1ccc(N)cc1)N1CCc2ccc(-c3cc(N4CCN(C)CC4)nc(N)n3)cc2C1. The van der Waals surface area contributed by atoms with E-state index in [0.29, 0.717) is 5.95 Å². The highest BCUT2D eigenvalue weighted by atomic mass is 15.3. The number of nitrogens with zero attached hydrogens (tertiary/aromatic N) is 5. The quantitative estimate of drug-likeness (QED) is 0.572. The van der Waals surface area contributed by atoms with E-state index in [4.69, 9.17) is 11.5 Å². The smallest absolute Gasteiger partial charge is 0.222 e. The van der Waals surface area contributed by atoms with Gasteiger partial charge in [0, 0.05) is 68.7 Å². The van der Waals surface area contributed by atoms with Crippen molar-refractivity contribution in [2.45, 2.75) is 19.4 Å². The first-order valence-corrected chi connectivity index (χ1v) is 11.9. The second kappa shape index (κ2) is 9.35. The molecule has 1 saturated heterocycles. The third-order valence-corrected chi connectivity index (χ3v) is 6.91. The van der Waals surface area contributed by atoms with Crippen LogP contribution in [0.1, 0.15) is 16.7 Å². The van der Waals surface area contributed by atoms with Crippen LogP contribution in [0.4, 0.5) is 17.5 Å². The first kappa shape index (κ1) is 22.2. The number of benzene rings is 2. The van der Waals surface area contributed by atoms with Crippen molar-refractivity contribution < 1.29 is 0 Å². The molecule has 1 aromatic heterocycles. The number of likely N-dealkylation sites (N-methyl/N-ethyl adjacent to an activating group) is 1. The molecule has 0 aliphatic carbocycles. The molecule has 0 saturated carbocycles. The summed E-state index contributed by atoms with van der Waals surface area (Å²) in [5, 5.41) is 0. The fraction of sp³-hybridized carbons (Fsp3) is 0.333. The van der Waals surface area contributed by atoms with Crippen LogP contribution in [0.15, 0.2) is 60.8 Å². The predicted octanol–water partition coefficient (Wildman–Crippen LogP) is 3.17. The van der Waals surface area contributed by atoms with Crippen LogP contribution in [-0.2, 0) is 19.4 Å². The Labute approximate surface area is 201 Å². The van der Waals surface area contributed by atoms with Crippen LogP contribution in [0.2, 0.25) is 0 Å². The number of piperazine rings is 1. The molecule has 0 amide bonds. The van der Waals surface area contributed by atoms with Crippen LogP contribution >= 0.6 is 0 Å². The first-order chi connectivity index (χ1) is 16.4. The lowest BCUT2D eigenvalue weighted by molar-refractivity contribution is 0.312. The Bertz CT molecular complexity index is 1180. The number of nitrogen functional groups attached to an aromatic ring is 2. The molecule has 3 aromatic rings. The molecule has 5 rings (SSSR count). The molecule has 2 aliphatic heterocycles. The van der Waals surface area contributed by atoms with Gasteiger partial charge in [-0.1, -0.05) is 30.8 Å². The van der Waals surface area contributed by atoms with Gasteiger partial charge in [-0.15, -0.1) is 0 Å². The number of allylic oxidation sites excluding steroid dienone is 1. The van der Waals surface area contributed by atoms with E-state index in [1.165, 1.54) is 16.7 Å². The van der Waals surface area contributed by atoms with Crippen LogP contribution < -0.4 is 16.4 Å². The number of nitrogens with two attached hydrogens (primary N) is 2. The number of anilines is 3. The zero-order chi connectivity index (χ0) is 23.7. The van der Waals surface area contributed by atoms with Gasteiger partial charge >= 0.3 is 0 Å². The first-order valence-electron chi connectivity index (χ1n) is 11.9. The second-order valence-corrected chi connectivity index (χ2v) is 9.40. The lowest BCUT2D eigenvalue weighted by Gasteiger charge is -2.33. The highest BCUT2D eigenvalue weighted by molar-refractivity contribution is 5.66. The third-order valence-electron chi connectivity index (χ3n) is 6.91. The van der Waals surface area contributed by atoms with Gasteiger partial charge in [0.05, 0.1) is 5.69 Å². The molecule has 1 fully saturated rings. The van der Waals surface area contributed by atoms with Gasteiger partial charge in [-0.25, -0.2) is 4.98 Å². The molecule has 0 unspecified atom stereocenters. The molecule has 7 nitrogen and oxygen atoms in total. The Hall–Kier alpha value is -3.58. The number of hydrogen-bond donors (Lipinski definition) is 2. The monoisotopic (exact) mass is 455 g/mol. The topological polar surface area (TPSA) is 87.5 Å². The van der Waals surface area contributed by atoms with E-state index in [-0.39, 0.29) is 0 Å². The van der Waals surface area contributed by atoms with Crippen molar-refractivity contribution in [3.8, 4) is 11.3 Å². The Morgan fingerprint density at radius 3 is 2.44 bits per heavy atom. The Kier molecular flexibility index (Phi) is 6.11. The fourth-order valence-electron chi connectivity index (χ4n) is 4.77. The highest BCUT2D eigenvalue weighted by Crippen LogP contribution is 2.29. The van der Waals surface area contributed by atoms with Gasteiger partial charge in [0.15, 0.2) is 0 Å². The van der Waals surface area contributed by atoms with Crippen molar-refractivity contribution in [1.82, 2.24) is 19.8 Å². The maximum absolute atomic E-state index is 6.13. The van der Waals surface area contributed by atoms with Gasteiger partial charge in [0.2, 0.25) is 5.95 Å². The van der Waals surface area contributed by atoms with Crippen LogP contribution in [0.25, 0.3) is 11.3 Å². The summed E-state index contributed by atoms with van der Waals surface area (Å²) in [7, 11) is 2.15. The van der Waals surface area contributed by atoms with E-state index in [9.17, 15) is 0 Å². The van der Waals surface area contributed by atoms with Gasteiger partial charge in [-0.2, -0.15) is 4.98 Å². The van der Waals surface area contributed by atoms with Crippen molar-refractivity contribution >= 4 is 17.5 Å². The van der Waals surface area contributed by atoms with Crippen LogP contribution in [0.5, 0.6) is 0 Å². The molecule has 176 valence electrons. The zero-order valence-electron chi connectivity index (χ0n) is 19.9. The number of aromatic nitrogens is 2. The molecule has 7 heteroatoms. The summed E-state index contributed by atoms with van der Waals surface area (Å²) in [6.07, 6.45) is 1.83. The third kappa shape index (κ3) is 4.84. The summed E-state index contributed by atoms with van der Waals surface area (Å²) < 4.78 is 0. The van der Waals surface area contributed by atoms with Crippen LogP contribution in [0.3, 0.4) is 0 Å². The maximum atomic E-state index is 6.13. The van der Waals surface area contributed by atoms with Crippen molar-refractivity contribution in [2.75, 3.05) is 56.1 Å². The maximum Gasteiger partial charge on any atom is 0.222 e. The molecule has 3 heterocycles. The fourth-order valence-corrected chi connectivity index (χ4v) is 4.77. The predicted molar refractivity (Wildman–Crippen MR) is 139 cm³/mol. The van der Waals surface area contributed by atoms with E-state index in [2.05, 4.69) is 74.7 Å². The molecule has 0 radical (unpaired) electrons. The van der Waals surface area contributed by atoms with Crippen molar-refractivity contribution in [3.63, 3.8) is 0 Å². The van der Waals surface area contributed by atoms with E-state index in [1.807, 2.05) is 12.1 Å². The Balaban J connectivity index is 1.34. The minimum atomic E-state index is 0.322. The van der Waals surface area contributed by atoms with Crippen molar-refractivity contribution in [1.29, 1.82) is 0 Å². The lowest BCUT2D eigenvalue weighted by atomic mass is 9.95. The molecule has 2 aliphatic rings. The molecule has 4 N–H and O–H groups in total. The summed E-state index contributed by atoms with van der Waals surface area (Å²) in [5.74, 6) is 1.23. The molecular formula is C27H33N7. The highest BCUT2D eigenvalue weighted by Gasteiger charge is 2.20. The molecule has 2 aromatic carbocycles. The van der Waals surface area contributed by atoms with E-state index >= 15 is 0 Å². The van der Waals surface area contributed by atoms with E-state index in [1.54, 1.807) is 0 Å². The molecule has 0 spiro atoms. The minimum Gasteiger partial charge on any atom is -0.399 e. The van der Waals surface area contributed by atoms with Crippen molar-refractivity contribution in [3.05, 3.63) is 77.5 Å². The zero-order valence-corrected chi connectivity index (χ0v) is 19.9. The van der Waals surface area contributed by atoms with Gasteiger partial charge in [0.1, 0.15) is 5.82 Å². The summed E-state index contributed by atoms with van der Waals surface area (Å²) in [6.45, 7) is 10.1. The number of hydrogen-bond acceptors (Lipinski definition) is 7. The van der Waals surface area contributed by atoms with Gasteiger partial charge in [0.25, 0.3) is 0 Å². The standard InChI is InChI=1S/C27H33N7/c1-19(15-20-3-7-24(28)8-4-20)34-10-9-21-5-6-22(16-23(21)18-34)25-17-26(31-27(29)30-25)33-13-11-32(2)12-14-33/h3-8,16-17H,1,9-15,18,28H2,2H3,(H2,29,30,31). The molecular weight excluding hydrogens is 422 g/mol. The second-order valence-electron chi connectivity index (χ2n) is 9.40. The average Bonchev–Trinajstić information content (AvgIpc) is 2.85. The van der Waals surface area contributed by atoms with Gasteiger partial charge in [-0.3, -0.25) is 0 Å². The minimum absolute atomic E-state index is 0.322. The lowest BCUT2D eigenvalue weighted by Crippen LogP contribution is -2.44. The van der Waals surface area contributed by atoms with Gasteiger partial charge in [-0.05, 0) is 48.4 Å². The summed E-state index contributed by atoms with van der Waals surface area (Å²) in [5.41, 5.74) is 19.8. The van der Waals surface area contributed by atoms with Crippen LogP contribution in [0, 0.1) is 0 Å². The van der Waals surface area contributed by atoms with Gasteiger partial charge < -0.3 is 26.2 Å². The summed E-state index contributed by atoms with van der Waals surface area (Å²) in [6, 6.07) is 16.8. The largest absolute Gasteiger partial charge is 0.399 e. The molecule has 34 heavy (non-hydrogen) atoms. The summed E-state index contributed by atoms with van der Waals surface area (Å²) in [4.78, 5) is 16.1. The van der Waals surface area contributed by atoms with E-state index in [0.717, 1.165) is 80.6 Å². The molecule has 0 bridgehead atoms. The van der Waals surface area contributed by atoms with E-state index < -0.39 is 0 Å². The molecule has 0 atom stereocenters. The normalized spacial score (nSPS) is 16.4. The average molecular weight is 456 g/mol.